The minimum atomic E-state index is -0.317. The fraction of sp³-hybridized carbons (Fsp3) is 0.261. The van der Waals surface area contributed by atoms with Crippen LogP contribution in [0.4, 0.5) is 5.82 Å². The number of rotatable bonds is 0. The summed E-state index contributed by atoms with van der Waals surface area (Å²) in [4.78, 5) is 5.91. The number of hydrogen-bond acceptors (Lipinski definition) is 7. The second-order valence-electron chi connectivity index (χ2n) is 8.03. The van der Waals surface area contributed by atoms with Gasteiger partial charge in [-0.15, -0.1) is 0 Å². The Kier molecular flexibility index (Phi) is 4.44. The molecular formula is C23H22N8O. The molecule has 1 aliphatic heterocycles. The van der Waals surface area contributed by atoms with Crippen LogP contribution in [0, 0.1) is 18.3 Å². The third-order valence-electron chi connectivity index (χ3n) is 5.72. The number of aromatic nitrogens is 6. The van der Waals surface area contributed by atoms with E-state index in [9.17, 15) is 5.26 Å². The number of ether oxygens (including phenoxy) is 1. The van der Waals surface area contributed by atoms with E-state index in [1.165, 1.54) is 0 Å². The third kappa shape index (κ3) is 3.08. The van der Waals surface area contributed by atoms with Gasteiger partial charge in [0.1, 0.15) is 23.6 Å². The summed E-state index contributed by atoms with van der Waals surface area (Å²) < 4.78 is 7.88. The number of nitriles is 1. The molecule has 9 heteroatoms. The van der Waals surface area contributed by atoms with Gasteiger partial charge in [-0.05, 0) is 19.9 Å². The van der Waals surface area contributed by atoms with Crippen molar-refractivity contribution in [1.82, 2.24) is 29.8 Å². The van der Waals surface area contributed by atoms with Crippen LogP contribution in [0.5, 0.6) is 5.75 Å². The van der Waals surface area contributed by atoms with Gasteiger partial charge in [-0.2, -0.15) is 25.4 Å². The van der Waals surface area contributed by atoms with Crippen molar-refractivity contribution in [3.05, 3.63) is 58.7 Å². The average Bonchev–Trinajstić information content (AvgIpc) is 3.27. The molecule has 0 fully saturated rings. The van der Waals surface area contributed by atoms with Gasteiger partial charge in [-0.3, -0.25) is 4.68 Å². The van der Waals surface area contributed by atoms with Crippen molar-refractivity contribution >= 4 is 5.82 Å². The average molecular weight is 426 g/mol. The van der Waals surface area contributed by atoms with Crippen molar-refractivity contribution < 1.29 is 4.74 Å². The van der Waals surface area contributed by atoms with Crippen LogP contribution in [0.1, 0.15) is 41.2 Å². The van der Waals surface area contributed by atoms with E-state index < -0.39 is 0 Å². The van der Waals surface area contributed by atoms with Gasteiger partial charge >= 0.3 is 0 Å². The number of anilines is 1. The Hall–Kier alpha value is -4.19. The fourth-order valence-electron chi connectivity index (χ4n) is 4.24. The first kappa shape index (κ1) is 19.8. The van der Waals surface area contributed by atoms with E-state index in [2.05, 4.69) is 32.4 Å². The van der Waals surface area contributed by atoms with Crippen molar-refractivity contribution in [3.63, 3.8) is 0 Å². The highest BCUT2D eigenvalue weighted by Gasteiger charge is 2.26. The topological polar surface area (TPSA) is 120 Å². The second kappa shape index (κ2) is 7.20. The summed E-state index contributed by atoms with van der Waals surface area (Å²) >= 11 is 0. The summed E-state index contributed by atoms with van der Waals surface area (Å²) in [6.45, 7) is 4.02. The van der Waals surface area contributed by atoms with Crippen molar-refractivity contribution in [2.45, 2.75) is 26.4 Å². The normalized spacial score (nSPS) is 14.8. The van der Waals surface area contributed by atoms with E-state index in [0.29, 0.717) is 29.1 Å². The highest BCUT2D eigenvalue weighted by molar-refractivity contribution is 5.75. The van der Waals surface area contributed by atoms with Crippen LogP contribution in [-0.2, 0) is 20.5 Å². The van der Waals surface area contributed by atoms with Crippen LogP contribution in [0.15, 0.2) is 30.5 Å². The molecule has 9 nitrogen and oxygen atoms in total. The van der Waals surface area contributed by atoms with Gasteiger partial charge < -0.3 is 10.5 Å². The maximum atomic E-state index is 9.82. The van der Waals surface area contributed by atoms with Gasteiger partial charge in [0.25, 0.3) is 0 Å². The molecule has 0 spiro atoms. The molecule has 1 atom stereocenters. The first-order valence-corrected chi connectivity index (χ1v) is 10.2. The van der Waals surface area contributed by atoms with Crippen molar-refractivity contribution in [1.29, 1.82) is 5.26 Å². The van der Waals surface area contributed by atoms with E-state index in [4.69, 9.17) is 10.5 Å². The minimum Gasteiger partial charge on any atom is -0.482 e. The smallest absolute Gasteiger partial charge is 0.166 e. The lowest BCUT2D eigenvalue weighted by molar-refractivity contribution is 0.228. The molecule has 2 N–H and O–H groups in total. The molecule has 4 heterocycles. The van der Waals surface area contributed by atoms with E-state index in [1.807, 2.05) is 32.0 Å². The molecule has 32 heavy (non-hydrogen) atoms. The van der Waals surface area contributed by atoms with Crippen LogP contribution in [0.3, 0.4) is 0 Å². The highest BCUT2D eigenvalue weighted by atomic mass is 16.5. The summed E-state index contributed by atoms with van der Waals surface area (Å²) in [6, 6.07) is 10.3. The van der Waals surface area contributed by atoms with E-state index >= 15 is 0 Å². The summed E-state index contributed by atoms with van der Waals surface area (Å²) in [5, 5.41) is 23.8. The Labute approximate surface area is 185 Å². The molecule has 2 bridgehead atoms. The molecule has 3 aromatic heterocycles. The van der Waals surface area contributed by atoms with Gasteiger partial charge in [0.15, 0.2) is 11.6 Å². The van der Waals surface area contributed by atoms with Crippen LogP contribution in [0.2, 0.25) is 0 Å². The molecule has 0 unspecified atom stereocenters. The molecule has 1 aromatic carbocycles. The van der Waals surface area contributed by atoms with Crippen LogP contribution in [0.25, 0.3) is 22.4 Å². The van der Waals surface area contributed by atoms with Crippen LogP contribution < -0.4 is 10.5 Å². The second-order valence-corrected chi connectivity index (χ2v) is 8.03. The highest BCUT2D eigenvalue weighted by Crippen LogP contribution is 2.38. The zero-order valence-corrected chi connectivity index (χ0v) is 18.3. The van der Waals surface area contributed by atoms with Gasteiger partial charge in [-0.25, -0.2) is 4.98 Å². The Morgan fingerprint density at radius 3 is 2.75 bits per heavy atom. The van der Waals surface area contributed by atoms with Crippen LogP contribution in [-0.4, -0.2) is 29.8 Å². The van der Waals surface area contributed by atoms with E-state index in [-0.39, 0.29) is 11.9 Å². The van der Waals surface area contributed by atoms with E-state index in [0.717, 1.165) is 33.6 Å². The number of fused-ring (bicyclic) bond motifs is 7. The summed E-state index contributed by atoms with van der Waals surface area (Å²) in [5.74, 6) is 0.747. The first-order valence-electron chi connectivity index (χ1n) is 10.2. The molecule has 1 aliphatic rings. The van der Waals surface area contributed by atoms with Gasteiger partial charge in [-0.1, -0.05) is 23.8 Å². The largest absolute Gasteiger partial charge is 0.482 e. The zero-order valence-electron chi connectivity index (χ0n) is 18.3. The molecule has 0 saturated carbocycles. The molecule has 160 valence electrons. The summed E-state index contributed by atoms with van der Waals surface area (Å²) in [5.41, 5.74) is 13.3. The minimum absolute atomic E-state index is 0.288. The maximum Gasteiger partial charge on any atom is 0.166 e. The molecule has 5 rings (SSSR count). The maximum absolute atomic E-state index is 9.82. The van der Waals surface area contributed by atoms with Crippen molar-refractivity contribution in [2.75, 3.05) is 5.73 Å². The number of hydrogen-bond donors (Lipinski definition) is 1. The van der Waals surface area contributed by atoms with Crippen LogP contribution >= 0.6 is 0 Å². The SMILES string of the molecule is Cc1ccc2c(c1)[C@@H](C)Oc1cc(cnc1N)-c1c(nn(C)c1C#N)Cc1nn(C)nc1-2. The fourth-order valence-corrected chi connectivity index (χ4v) is 4.24. The van der Waals surface area contributed by atoms with E-state index in [1.54, 1.807) is 29.8 Å². The quantitative estimate of drug-likeness (QED) is 0.459. The third-order valence-corrected chi connectivity index (χ3v) is 5.72. The zero-order chi connectivity index (χ0) is 22.6. The van der Waals surface area contributed by atoms with Gasteiger partial charge in [0.2, 0.25) is 0 Å². The molecule has 0 radical (unpaired) electrons. The Morgan fingerprint density at radius 2 is 1.97 bits per heavy atom. The monoisotopic (exact) mass is 426 g/mol. The Morgan fingerprint density at radius 1 is 1.16 bits per heavy atom. The number of benzene rings is 1. The number of nitrogens with zero attached hydrogens (tertiary/aromatic N) is 7. The number of pyridine rings is 1. The summed E-state index contributed by atoms with van der Waals surface area (Å²) in [6.07, 6.45) is 1.74. The molecule has 4 aromatic rings. The summed E-state index contributed by atoms with van der Waals surface area (Å²) in [7, 11) is 3.55. The standard InChI is InChI=1S/C23H22N8O/c1-12-5-6-15-16(7-12)13(2)32-20-8-14(11-26-23(20)25)21-17(27-30(3)19(21)10-24)9-18-22(15)29-31(4)28-18/h5-8,11,13H,9H2,1-4H3,(H2,25,26)/t13-/m1/s1. The molecular weight excluding hydrogens is 404 g/mol. The lowest BCUT2D eigenvalue weighted by atomic mass is 9.95. The lowest BCUT2D eigenvalue weighted by Crippen LogP contribution is -2.09. The molecule has 0 saturated heterocycles. The number of nitrogens with two attached hydrogens (primary N) is 1. The predicted molar refractivity (Wildman–Crippen MR) is 119 cm³/mol. The lowest BCUT2D eigenvalue weighted by Gasteiger charge is -2.20. The molecule has 0 aliphatic carbocycles. The predicted octanol–water partition coefficient (Wildman–Crippen LogP) is 3.08. The van der Waals surface area contributed by atoms with Crippen molar-refractivity contribution in [2.24, 2.45) is 14.1 Å². The number of nitrogen functional groups attached to an aromatic ring is 1. The van der Waals surface area contributed by atoms with Gasteiger partial charge in [0, 0.05) is 49.0 Å². The Balaban J connectivity index is 1.84. The van der Waals surface area contributed by atoms with Gasteiger partial charge in [0.05, 0.1) is 11.4 Å². The number of aryl methyl sites for hydroxylation is 3. The molecule has 0 amide bonds. The first-order chi connectivity index (χ1) is 15.4. The Bertz CT molecular complexity index is 1410. The van der Waals surface area contributed by atoms with Crippen molar-refractivity contribution in [3.8, 4) is 34.2 Å².